The molecule has 3 aliphatic rings. The third kappa shape index (κ3) is 3.51. The molecule has 0 bridgehead atoms. The number of amides is 2. The Bertz CT molecular complexity index is 776. The van der Waals surface area contributed by atoms with Gasteiger partial charge in [0, 0.05) is 18.5 Å². The summed E-state index contributed by atoms with van der Waals surface area (Å²) >= 11 is 0. The fourth-order valence-electron chi connectivity index (χ4n) is 5.07. The first-order valence-electron chi connectivity index (χ1n) is 10.5. The first-order valence-corrected chi connectivity index (χ1v) is 10.5. The number of hydrogen-bond acceptors (Lipinski definition) is 3. The van der Waals surface area contributed by atoms with Crippen LogP contribution in [0.3, 0.4) is 0 Å². The van der Waals surface area contributed by atoms with Crippen LogP contribution in [0.15, 0.2) is 24.3 Å². The normalized spacial score (nSPS) is 32.6. The SMILES string of the molecule is C[C@H]1C[C@@H](c2cccc(C(C)(C)C)c2)CCN1C(=O)[C@H]1C[C@]2(COC(=O)N2)C1. The molecule has 2 amide bonds. The minimum atomic E-state index is -0.349. The average Bonchev–Trinajstić information content (AvgIpc) is 3.01. The van der Waals surface area contributed by atoms with Crippen LogP contribution in [-0.2, 0) is 14.9 Å². The Labute approximate surface area is 167 Å². The fraction of sp³-hybridized carbons (Fsp3) is 0.652. The number of cyclic esters (lactones) is 1. The number of alkyl carbamates (subject to hydrolysis) is 1. The molecule has 1 N–H and O–H groups in total. The van der Waals surface area contributed by atoms with Crippen LogP contribution < -0.4 is 5.32 Å². The lowest BCUT2D eigenvalue weighted by Gasteiger charge is -2.46. The van der Waals surface area contributed by atoms with Gasteiger partial charge in [0.15, 0.2) is 0 Å². The van der Waals surface area contributed by atoms with Crippen molar-refractivity contribution < 1.29 is 14.3 Å². The number of piperidine rings is 1. The smallest absolute Gasteiger partial charge is 0.407 e. The van der Waals surface area contributed by atoms with Gasteiger partial charge in [0.2, 0.25) is 5.91 Å². The second kappa shape index (κ2) is 6.78. The number of carbonyl (C=O) groups is 2. The van der Waals surface area contributed by atoms with Crippen molar-refractivity contribution in [3.63, 3.8) is 0 Å². The minimum Gasteiger partial charge on any atom is -0.447 e. The van der Waals surface area contributed by atoms with E-state index in [-0.39, 0.29) is 34.9 Å². The third-order valence-corrected chi connectivity index (χ3v) is 6.85. The summed E-state index contributed by atoms with van der Waals surface area (Å²) in [6, 6.07) is 9.22. The summed E-state index contributed by atoms with van der Waals surface area (Å²) in [5.74, 6) is 0.781. The summed E-state index contributed by atoms with van der Waals surface area (Å²) in [5.41, 5.74) is 2.64. The molecule has 1 aliphatic carbocycles. The zero-order chi connectivity index (χ0) is 20.1. The molecule has 2 aliphatic heterocycles. The lowest BCUT2D eigenvalue weighted by atomic mass is 9.68. The van der Waals surface area contributed by atoms with Crippen molar-refractivity contribution in [2.24, 2.45) is 5.92 Å². The predicted molar refractivity (Wildman–Crippen MR) is 108 cm³/mol. The summed E-state index contributed by atoms with van der Waals surface area (Å²) in [6.45, 7) is 10.1. The molecule has 5 nitrogen and oxygen atoms in total. The number of nitrogens with zero attached hydrogens (tertiary/aromatic N) is 1. The zero-order valence-electron chi connectivity index (χ0n) is 17.5. The topological polar surface area (TPSA) is 58.6 Å². The maximum atomic E-state index is 13.0. The Balaban J connectivity index is 1.37. The van der Waals surface area contributed by atoms with Gasteiger partial charge in [-0.2, -0.15) is 0 Å². The molecule has 2 heterocycles. The van der Waals surface area contributed by atoms with Crippen molar-refractivity contribution in [2.45, 2.75) is 76.3 Å². The van der Waals surface area contributed by atoms with Gasteiger partial charge in [0.05, 0.1) is 5.54 Å². The van der Waals surface area contributed by atoms with Crippen LogP contribution in [0, 0.1) is 5.92 Å². The number of likely N-dealkylation sites (tertiary alicyclic amines) is 1. The van der Waals surface area contributed by atoms with E-state index in [1.54, 1.807) is 0 Å². The standard InChI is InChI=1S/C23H32N2O3/c1-15-10-17(16-6-5-7-19(11-16)22(2,3)4)8-9-25(15)20(26)18-12-23(13-18)14-28-21(27)24-23/h5-7,11,15,17-18H,8-10,12-14H2,1-4H3,(H,24,27)/t15-,17-,18-,23+/m0/s1. The largest absolute Gasteiger partial charge is 0.447 e. The van der Waals surface area contributed by atoms with Gasteiger partial charge in [-0.1, -0.05) is 45.0 Å². The molecule has 0 unspecified atom stereocenters. The van der Waals surface area contributed by atoms with E-state index < -0.39 is 0 Å². The summed E-state index contributed by atoms with van der Waals surface area (Å²) in [7, 11) is 0. The van der Waals surface area contributed by atoms with Crippen LogP contribution in [0.2, 0.25) is 0 Å². The Kier molecular flexibility index (Phi) is 4.67. The van der Waals surface area contributed by atoms with E-state index in [0.717, 1.165) is 19.4 Å². The summed E-state index contributed by atoms with van der Waals surface area (Å²) in [6.07, 6.45) is 3.09. The molecular weight excluding hydrogens is 352 g/mol. The second-order valence-electron chi connectivity index (χ2n) is 10.1. The molecule has 0 radical (unpaired) electrons. The highest BCUT2D eigenvalue weighted by Crippen LogP contribution is 2.43. The minimum absolute atomic E-state index is 0.0187. The van der Waals surface area contributed by atoms with Crippen LogP contribution >= 0.6 is 0 Å². The van der Waals surface area contributed by atoms with Crippen LogP contribution in [0.5, 0.6) is 0 Å². The van der Waals surface area contributed by atoms with Crippen LogP contribution in [-0.4, -0.2) is 41.6 Å². The van der Waals surface area contributed by atoms with Gasteiger partial charge >= 0.3 is 6.09 Å². The number of hydrogen-bond donors (Lipinski definition) is 1. The van der Waals surface area contributed by atoms with Crippen LogP contribution in [0.25, 0.3) is 0 Å². The molecule has 1 spiro atoms. The molecule has 5 heteroatoms. The number of nitrogens with one attached hydrogen (secondary N) is 1. The average molecular weight is 385 g/mol. The molecular formula is C23H32N2O3. The molecule has 1 saturated carbocycles. The monoisotopic (exact) mass is 384 g/mol. The molecule has 4 rings (SSSR count). The first kappa shape index (κ1) is 19.3. The van der Waals surface area contributed by atoms with Crippen molar-refractivity contribution in [3.05, 3.63) is 35.4 Å². The van der Waals surface area contributed by atoms with Gasteiger partial charge in [-0.05, 0) is 55.1 Å². The Morgan fingerprint density at radius 1 is 1.29 bits per heavy atom. The molecule has 28 heavy (non-hydrogen) atoms. The highest BCUT2D eigenvalue weighted by Gasteiger charge is 2.53. The molecule has 2 atom stereocenters. The number of benzene rings is 1. The first-order chi connectivity index (χ1) is 13.2. The lowest BCUT2D eigenvalue weighted by Crippen LogP contribution is -2.59. The highest BCUT2D eigenvalue weighted by molar-refractivity contribution is 5.82. The van der Waals surface area contributed by atoms with E-state index in [0.29, 0.717) is 25.4 Å². The van der Waals surface area contributed by atoms with E-state index in [9.17, 15) is 9.59 Å². The molecule has 1 aromatic rings. The van der Waals surface area contributed by atoms with Crippen molar-refractivity contribution >= 4 is 12.0 Å². The van der Waals surface area contributed by atoms with E-state index in [1.165, 1.54) is 11.1 Å². The van der Waals surface area contributed by atoms with Crippen molar-refractivity contribution in [1.29, 1.82) is 0 Å². The van der Waals surface area contributed by atoms with Gasteiger partial charge in [-0.15, -0.1) is 0 Å². The maximum absolute atomic E-state index is 13.0. The van der Waals surface area contributed by atoms with Gasteiger partial charge in [0.1, 0.15) is 6.61 Å². The van der Waals surface area contributed by atoms with E-state index in [1.807, 2.05) is 0 Å². The zero-order valence-corrected chi connectivity index (χ0v) is 17.5. The van der Waals surface area contributed by atoms with Gasteiger partial charge in [-0.3, -0.25) is 4.79 Å². The van der Waals surface area contributed by atoms with Crippen molar-refractivity contribution in [1.82, 2.24) is 10.2 Å². The van der Waals surface area contributed by atoms with Gasteiger partial charge in [0.25, 0.3) is 0 Å². The summed E-state index contributed by atoms with van der Waals surface area (Å²) in [4.78, 5) is 26.4. The van der Waals surface area contributed by atoms with E-state index >= 15 is 0 Å². The lowest BCUT2D eigenvalue weighted by molar-refractivity contribution is -0.144. The quantitative estimate of drug-likeness (QED) is 0.839. The number of rotatable bonds is 2. The van der Waals surface area contributed by atoms with Crippen molar-refractivity contribution in [3.8, 4) is 0 Å². The highest BCUT2D eigenvalue weighted by atomic mass is 16.6. The Hall–Kier alpha value is -2.04. The van der Waals surface area contributed by atoms with Gasteiger partial charge in [-0.25, -0.2) is 4.79 Å². The molecule has 1 aromatic carbocycles. The number of ether oxygens (including phenoxy) is 1. The third-order valence-electron chi connectivity index (χ3n) is 6.85. The van der Waals surface area contributed by atoms with Crippen molar-refractivity contribution in [2.75, 3.05) is 13.2 Å². The maximum Gasteiger partial charge on any atom is 0.407 e. The molecule has 2 saturated heterocycles. The van der Waals surface area contributed by atoms with E-state index in [4.69, 9.17) is 4.74 Å². The second-order valence-corrected chi connectivity index (χ2v) is 10.1. The summed E-state index contributed by atoms with van der Waals surface area (Å²) < 4.78 is 5.03. The van der Waals surface area contributed by atoms with Crippen LogP contribution in [0.1, 0.15) is 70.4 Å². The van der Waals surface area contributed by atoms with Crippen LogP contribution in [0.4, 0.5) is 4.79 Å². The Morgan fingerprint density at radius 3 is 2.64 bits per heavy atom. The summed E-state index contributed by atoms with van der Waals surface area (Å²) in [5, 5.41) is 2.88. The molecule has 3 fully saturated rings. The van der Waals surface area contributed by atoms with Gasteiger partial charge < -0.3 is 15.0 Å². The predicted octanol–water partition coefficient (Wildman–Crippen LogP) is 3.97. The molecule has 0 aromatic heterocycles. The Morgan fingerprint density at radius 2 is 2.04 bits per heavy atom. The number of carbonyl (C=O) groups excluding carboxylic acids is 2. The molecule has 152 valence electrons. The van der Waals surface area contributed by atoms with E-state index in [2.05, 4.69) is 62.2 Å². The fourth-order valence-corrected chi connectivity index (χ4v) is 5.07.